The van der Waals surface area contributed by atoms with Gasteiger partial charge in [-0.1, -0.05) is 0 Å². The monoisotopic (exact) mass is 238 g/mol. The Balaban J connectivity index is 2.55. The third-order valence-corrected chi connectivity index (χ3v) is 2.38. The van der Waals surface area contributed by atoms with E-state index in [0.717, 1.165) is 12.3 Å². The van der Waals surface area contributed by atoms with Crippen LogP contribution in [0, 0.1) is 15.9 Å². The zero-order valence-corrected chi connectivity index (χ0v) is 8.47. The quantitative estimate of drug-likeness (QED) is 0.613. The first-order valence-electron chi connectivity index (χ1n) is 4.62. The molecule has 6 nitrogen and oxygen atoms in total. The first kappa shape index (κ1) is 11.1. The van der Waals surface area contributed by atoms with E-state index >= 15 is 0 Å². The molecule has 0 aliphatic carbocycles. The number of nitro groups is 1. The van der Waals surface area contributed by atoms with Crippen molar-refractivity contribution in [2.45, 2.75) is 6.42 Å². The van der Waals surface area contributed by atoms with Gasteiger partial charge >= 0.3 is 0 Å². The number of nitrogens with two attached hydrogens (primary N) is 1. The van der Waals surface area contributed by atoms with E-state index in [9.17, 15) is 19.3 Å². The van der Waals surface area contributed by atoms with Crippen molar-refractivity contribution in [3.05, 3.63) is 51.2 Å². The Morgan fingerprint density at radius 2 is 2.24 bits per heavy atom. The van der Waals surface area contributed by atoms with Crippen molar-refractivity contribution in [2.24, 2.45) is 5.73 Å². The second kappa shape index (κ2) is 3.85. The van der Waals surface area contributed by atoms with Crippen molar-refractivity contribution in [1.82, 2.24) is 0 Å². The summed E-state index contributed by atoms with van der Waals surface area (Å²) in [6.07, 6.45) is 0.661. The van der Waals surface area contributed by atoms with E-state index in [1.54, 1.807) is 0 Å². The summed E-state index contributed by atoms with van der Waals surface area (Å²) >= 11 is 0. The number of hydrogen-bond acceptors (Lipinski definition) is 4. The number of allylic oxidation sites excluding steroid dienone is 1. The molecule has 1 aliphatic rings. The summed E-state index contributed by atoms with van der Waals surface area (Å²) in [5.74, 6) is -1.66. The molecular weight excluding hydrogens is 231 g/mol. The molecule has 0 saturated heterocycles. The summed E-state index contributed by atoms with van der Waals surface area (Å²) in [4.78, 5) is 21.0. The van der Waals surface area contributed by atoms with Crippen LogP contribution in [-0.4, -0.2) is 10.8 Å². The van der Waals surface area contributed by atoms with Gasteiger partial charge in [0.25, 0.3) is 5.70 Å². The fourth-order valence-corrected chi connectivity index (χ4v) is 1.59. The van der Waals surface area contributed by atoms with Crippen molar-refractivity contribution in [2.75, 3.05) is 0 Å². The Hall–Kier alpha value is -2.44. The molecule has 0 aromatic heterocycles. The lowest BCUT2D eigenvalue weighted by molar-refractivity contribution is -0.428. The molecule has 2 rings (SSSR count). The largest absolute Gasteiger partial charge is 0.455 e. The van der Waals surface area contributed by atoms with Gasteiger partial charge in [-0.15, -0.1) is 0 Å². The van der Waals surface area contributed by atoms with Gasteiger partial charge in [-0.2, -0.15) is 0 Å². The molecule has 1 aromatic rings. The molecule has 0 radical (unpaired) electrons. The molecule has 0 fully saturated rings. The van der Waals surface area contributed by atoms with Gasteiger partial charge in [-0.3, -0.25) is 14.9 Å². The predicted molar refractivity (Wildman–Crippen MR) is 54.3 cm³/mol. The first-order chi connectivity index (χ1) is 8.00. The summed E-state index contributed by atoms with van der Waals surface area (Å²) in [6, 6.07) is 2.21. The Morgan fingerprint density at radius 3 is 2.82 bits per heavy atom. The highest BCUT2D eigenvalue weighted by Crippen LogP contribution is 2.32. The van der Waals surface area contributed by atoms with Crippen LogP contribution >= 0.6 is 0 Å². The highest BCUT2D eigenvalue weighted by atomic mass is 19.1. The Kier molecular flexibility index (Phi) is 2.51. The average molecular weight is 238 g/mol. The maximum absolute atomic E-state index is 13.4. The third kappa shape index (κ3) is 1.82. The average Bonchev–Trinajstić information content (AvgIpc) is 2.28. The number of amides is 1. The van der Waals surface area contributed by atoms with Crippen LogP contribution in [0.3, 0.4) is 0 Å². The zero-order chi connectivity index (χ0) is 12.6. The van der Waals surface area contributed by atoms with Crippen LogP contribution in [0.4, 0.5) is 4.39 Å². The molecule has 0 atom stereocenters. The second-order valence-electron chi connectivity index (χ2n) is 3.43. The Bertz CT molecular complexity index is 553. The molecule has 0 spiro atoms. The molecule has 0 bridgehead atoms. The van der Waals surface area contributed by atoms with E-state index in [1.807, 2.05) is 0 Å². The number of fused-ring (bicyclic) bond motifs is 1. The standard InChI is InChI=1S/C10H7FN2O4/c11-8-2-1-6(10(12)14)7-3-5(13(15)16)4-17-9(7)8/h1-2,4H,3H2,(H2,12,14). The topological polar surface area (TPSA) is 95.5 Å². The zero-order valence-electron chi connectivity index (χ0n) is 8.47. The lowest BCUT2D eigenvalue weighted by Gasteiger charge is -2.15. The summed E-state index contributed by atoms with van der Waals surface area (Å²) in [5.41, 5.74) is 4.97. The van der Waals surface area contributed by atoms with E-state index in [0.29, 0.717) is 0 Å². The third-order valence-electron chi connectivity index (χ3n) is 2.38. The van der Waals surface area contributed by atoms with Crippen LogP contribution in [-0.2, 0) is 6.42 Å². The number of carbonyl (C=O) groups is 1. The van der Waals surface area contributed by atoms with Crippen molar-refractivity contribution < 1.29 is 18.8 Å². The lowest BCUT2D eigenvalue weighted by Crippen LogP contribution is -2.19. The van der Waals surface area contributed by atoms with Gasteiger partial charge in [-0.05, 0) is 12.1 Å². The molecule has 1 aliphatic heterocycles. The van der Waals surface area contributed by atoms with Gasteiger partial charge < -0.3 is 10.5 Å². The van der Waals surface area contributed by atoms with Crippen molar-refractivity contribution in [3.8, 4) is 5.75 Å². The molecule has 0 saturated carbocycles. The van der Waals surface area contributed by atoms with E-state index in [2.05, 4.69) is 0 Å². The van der Waals surface area contributed by atoms with Crippen molar-refractivity contribution in [1.29, 1.82) is 0 Å². The van der Waals surface area contributed by atoms with E-state index < -0.39 is 16.6 Å². The number of nitrogens with zero attached hydrogens (tertiary/aromatic N) is 1. The van der Waals surface area contributed by atoms with Gasteiger partial charge in [0.1, 0.15) is 0 Å². The van der Waals surface area contributed by atoms with Gasteiger partial charge in [0, 0.05) is 11.1 Å². The van der Waals surface area contributed by atoms with Crippen LogP contribution in [0.2, 0.25) is 0 Å². The van der Waals surface area contributed by atoms with Gasteiger partial charge in [0.15, 0.2) is 17.8 Å². The molecule has 1 heterocycles. The lowest BCUT2D eigenvalue weighted by atomic mass is 10.00. The van der Waals surface area contributed by atoms with E-state index in [-0.39, 0.29) is 29.0 Å². The summed E-state index contributed by atoms with van der Waals surface area (Å²) in [7, 11) is 0. The number of hydrogen-bond donors (Lipinski definition) is 1. The number of rotatable bonds is 2. The highest BCUT2D eigenvalue weighted by Gasteiger charge is 2.27. The van der Waals surface area contributed by atoms with Crippen LogP contribution in [0.5, 0.6) is 5.75 Å². The van der Waals surface area contributed by atoms with Crippen LogP contribution < -0.4 is 10.5 Å². The fourth-order valence-electron chi connectivity index (χ4n) is 1.59. The molecular formula is C10H7FN2O4. The maximum atomic E-state index is 13.4. The molecule has 17 heavy (non-hydrogen) atoms. The fraction of sp³-hybridized carbons (Fsp3) is 0.100. The van der Waals surface area contributed by atoms with Gasteiger partial charge in [-0.25, -0.2) is 4.39 Å². The molecule has 88 valence electrons. The second-order valence-corrected chi connectivity index (χ2v) is 3.43. The van der Waals surface area contributed by atoms with Crippen molar-refractivity contribution in [3.63, 3.8) is 0 Å². The number of primary amides is 1. The van der Waals surface area contributed by atoms with Gasteiger partial charge in [0.2, 0.25) is 5.91 Å². The predicted octanol–water partition coefficient (Wildman–Crippen LogP) is 0.978. The van der Waals surface area contributed by atoms with E-state index in [1.165, 1.54) is 6.07 Å². The maximum Gasteiger partial charge on any atom is 0.285 e. The van der Waals surface area contributed by atoms with Crippen molar-refractivity contribution >= 4 is 5.91 Å². The Labute approximate surface area is 94.6 Å². The van der Waals surface area contributed by atoms with Crippen LogP contribution in [0.15, 0.2) is 24.1 Å². The molecule has 0 unspecified atom stereocenters. The summed E-state index contributed by atoms with van der Waals surface area (Å²) < 4.78 is 18.2. The summed E-state index contributed by atoms with van der Waals surface area (Å²) in [5, 5.41) is 10.6. The SMILES string of the molecule is NC(=O)c1ccc(F)c2c1CC([N+](=O)[O-])=CO2. The van der Waals surface area contributed by atoms with Gasteiger partial charge in [0.05, 0.1) is 11.3 Å². The number of benzene rings is 1. The minimum absolute atomic E-state index is 0.0221. The molecule has 7 heteroatoms. The first-order valence-corrected chi connectivity index (χ1v) is 4.62. The number of ether oxygens (including phenoxy) is 1. The number of carbonyl (C=O) groups excluding carboxylic acids is 1. The molecule has 1 aromatic carbocycles. The smallest absolute Gasteiger partial charge is 0.285 e. The minimum atomic E-state index is -0.783. The van der Waals surface area contributed by atoms with E-state index in [4.69, 9.17) is 10.5 Å². The number of halogens is 1. The Morgan fingerprint density at radius 1 is 1.53 bits per heavy atom. The molecule has 1 amide bonds. The van der Waals surface area contributed by atoms with Crippen LogP contribution in [0.1, 0.15) is 15.9 Å². The summed E-state index contributed by atoms with van der Waals surface area (Å²) in [6.45, 7) is 0. The van der Waals surface area contributed by atoms with Crippen LogP contribution in [0.25, 0.3) is 0 Å². The molecule has 2 N–H and O–H groups in total. The minimum Gasteiger partial charge on any atom is -0.455 e. The highest BCUT2D eigenvalue weighted by molar-refractivity contribution is 5.95. The normalized spacial score (nSPS) is 13.4.